The van der Waals surface area contributed by atoms with Crippen LogP contribution in [0, 0.1) is 6.92 Å². The molecule has 1 aromatic carbocycles. The Morgan fingerprint density at radius 3 is 2.23 bits per heavy atom. The van der Waals surface area contributed by atoms with Crippen LogP contribution in [0.1, 0.15) is 50.7 Å². The van der Waals surface area contributed by atoms with E-state index in [1.807, 2.05) is 19.0 Å². The Balaban J connectivity index is 2.36. The van der Waals surface area contributed by atoms with Crippen LogP contribution in [-0.2, 0) is 4.74 Å². The van der Waals surface area contributed by atoms with Crippen LogP contribution in [0.15, 0.2) is 28.7 Å². The lowest BCUT2D eigenvalue weighted by atomic mass is 10.1. The molecule has 0 aliphatic carbocycles. The number of aryl methyl sites for hydroxylation is 1. The summed E-state index contributed by atoms with van der Waals surface area (Å²) in [5.74, 6) is -1.35. The monoisotopic (exact) mass is 358 g/mol. The van der Waals surface area contributed by atoms with Gasteiger partial charge in [-0.2, -0.15) is 0 Å². The Labute approximate surface area is 151 Å². The van der Waals surface area contributed by atoms with E-state index < -0.39 is 11.9 Å². The van der Waals surface area contributed by atoms with Crippen molar-refractivity contribution in [1.82, 2.24) is 0 Å². The van der Waals surface area contributed by atoms with E-state index >= 15 is 0 Å². The highest BCUT2D eigenvalue weighted by atomic mass is 16.5. The molecule has 0 bridgehead atoms. The molecule has 1 N–H and O–H groups in total. The van der Waals surface area contributed by atoms with Gasteiger partial charge in [0.1, 0.15) is 11.3 Å². The lowest BCUT2D eigenvalue weighted by Crippen LogP contribution is -2.16. The van der Waals surface area contributed by atoms with Crippen molar-refractivity contribution in [2.24, 2.45) is 0 Å². The molecular weight excluding hydrogens is 336 g/mol. The minimum atomic E-state index is -0.715. The first-order valence-corrected chi connectivity index (χ1v) is 8.16. The molecule has 138 valence electrons. The third-order valence-corrected chi connectivity index (χ3v) is 3.79. The summed E-state index contributed by atoms with van der Waals surface area (Å²) < 4.78 is 10.5. The van der Waals surface area contributed by atoms with E-state index in [1.54, 1.807) is 38.1 Å². The first-order chi connectivity index (χ1) is 12.3. The van der Waals surface area contributed by atoms with E-state index in [0.717, 1.165) is 5.69 Å². The van der Waals surface area contributed by atoms with Crippen molar-refractivity contribution in [2.75, 3.05) is 30.9 Å². The minimum absolute atomic E-state index is 0.0601. The van der Waals surface area contributed by atoms with E-state index in [2.05, 4.69) is 5.32 Å². The second kappa shape index (κ2) is 7.86. The van der Waals surface area contributed by atoms with E-state index in [1.165, 1.54) is 6.92 Å². The molecule has 0 saturated heterocycles. The van der Waals surface area contributed by atoms with Gasteiger partial charge >= 0.3 is 5.97 Å². The summed E-state index contributed by atoms with van der Waals surface area (Å²) in [5.41, 5.74) is 1.39. The Bertz CT molecular complexity index is 834. The third-order valence-electron chi connectivity index (χ3n) is 3.79. The van der Waals surface area contributed by atoms with Crippen molar-refractivity contribution in [3.63, 3.8) is 0 Å². The van der Waals surface area contributed by atoms with Crippen LogP contribution in [0.25, 0.3) is 0 Å². The fourth-order valence-electron chi connectivity index (χ4n) is 2.54. The van der Waals surface area contributed by atoms with Crippen LogP contribution in [0.2, 0.25) is 0 Å². The Hall–Kier alpha value is -3.09. The summed E-state index contributed by atoms with van der Waals surface area (Å²) in [4.78, 5) is 38.5. The second-order valence-corrected chi connectivity index (χ2v) is 5.91. The van der Waals surface area contributed by atoms with E-state index in [9.17, 15) is 14.4 Å². The predicted octanol–water partition coefficient (Wildman–Crippen LogP) is 3.29. The van der Waals surface area contributed by atoms with Crippen molar-refractivity contribution in [1.29, 1.82) is 0 Å². The molecular formula is C19H22N2O5. The highest BCUT2D eigenvalue weighted by molar-refractivity contribution is 6.12. The summed E-state index contributed by atoms with van der Waals surface area (Å²) in [5, 5.41) is 2.56. The van der Waals surface area contributed by atoms with Crippen LogP contribution in [0.4, 0.5) is 11.6 Å². The highest BCUT2D eigenvalue weighted by Gasteiger charge is 2.28. The standard InChI is InChI=1S/C19H22N2O5/c1-6-25-19(24)16-15(11(2)22)12(3)26-18(16)20-17(23)13-7-9-14(10-8-13)21(4)5/h7-10H,6H2,1-5H3,(H,20,23). The summed E-state index contributed by atoms with van der Waals surface area (Å²) >= 11 is 0. The highest BCUT2D eigenvalue weighted by Crippen LogP contribution is 2.29. The normalized spacial score (nSPS) is 10.3. The van der Waals surface area contributed by atoms with Gasteiger partial charge in [0.25, 0.3) is 5.91 Å². The maximum Gasteiger partial charge on any atom is 0.344 e. The maximum atomic E-state index is 12.5. The van der Waals surface area contributed by atoms with Crippen molar-refractivity contribution in [2.45, 2.75) is 20.8 Å². The fourth-order valence-corrected chi connectivity index (χ4v) is 2.54. The molecule has 0 unspecified atom stereocenters. The summed E-state index contributed by atoms with van der Waals surface area (Å²) in [6.45, 7) is 4.68. The first-order valence-electron chi connectivity index (χ1n) is 8.16. The van der Waals surface area contributed by atoms with Gasteiger partial charge in [-0.25, -0.2) is 4.79 Å². The topological polar surface area (TPSA) is 88.8 Å². The molecule has 2 rings (SSSR count). The summed E-state index contributed by atoms with van der Waals surface area (Å²) in [7, 11) is 3.80. The number of carbonyl (C=O) groups excluding carboxylic acids is 3. The number of rotatable bonds is 6. The molecule has 0 spiro atoms. The molecule has 1 aromatic heterocycles. The van der Waals surface area contributed by atoms with Gasteiger partial charge < -0.3 is 14.1 Å². The second-order valence-electron chi connectivity index (χ2n) is 5.91. The van der Waals surface area contributed by atoms with Gasteiger partial charge in [0.05, 0.1) is 12.2 Å². The van der Waals surface area contributed by atoms with Gasteiger partial charge in [0.2, 0.25) is 5.88 Å². The summed E-state index contributed by atoms with van der Waals surface area (Å²) in [6.07, 6.45) is 0. The molecule has 26 heavy (non-hydrogen) atoms. The van der Waals surface area contributed by atoms with Crippen LogP contribution >= 0.6 is 0 Å². The van der Waals surface area contributed by atoms with Gasteiger partial charge in [0, 0.05) is 25.3 Å². The van der Waals surface area contributed by atoms with Crippen LogP contribution in [-0.4, -0.2) is 38.4 Å². The third kappa shape index (κ3) is 3.93. The smallest absolute Gasteiger partial charge is 0.344 e. The molecule has 0 radical (unpaired) electrons. The number of benzene rings is 1. The Morgan fingerprint density at radius 2 is 1.73 bits per heavy atom. The molecule has 7 heteroatoms. The number of amides is 1. The number of hydrogen-bond donors (Lipinski definition) is 1. The number of furan rings is 1. The zero-order chi connectivity index (χ0) is 19.4. The number of hydrogen-bond acceptors (Lipinski definition) is 6. The zero-order valence-electron chi connectivity index (χ0n) is 15.5. The number of ketones is 1. The Kier molecular flexibility index (Phi) is 5.82. The SMILES string of the molecule is CCOC(=O)c1c(NC(=O)c2ccc(N(C)C)cc2)oc(C)c1C(C)=O. The molecule has 1 amide bonds. The van der Waals surface area contributed by atoms with E-state index in [-0.39, 0.29) is 35.2 Å². The van der Waals surface area contributed by atoms with E-state index in [0.29, 0.717) is 5.56 Å². The predicted molar refractivity (Wildman–Crippen MR) is 98.1 cm³/mol. The van der Waals surface area contributed by atoms with Crippen LogP contribution in [0.3, 0.4) is 0 Å². The summed E-state index contributed by atoms with van der Waals surface area (Å²) in [6, 6.07) is 6.93. The largest absolute Gasteiger partial charge is 0.462 e. The number of esters is 1. The molecule has 0 fully saturated rings. The quantitative estimate of drug-likeness (QED) is 0.630. The number of nitrogens with zero attached hydrogens (tertiary/aromatic N) is 1. The van der Waals surface area contributed by atoms with Crippen LogP contribution < -0.4 is 10.2 Å². The van der Waals surface area contributed by atoms with Gasteiger partial charge in [0.15, 0.2) is 5.78 Å². The molecule has 0 atom stereocenters. The first kappa shape index (κ1) is 19.2. The average Bonchev–Trinajstić information content (AvgIpc) is 2.91. The number of anilines is 2. The van der Waals surface area contributed by atoms with Gasteiger partial charge in [-0.1, -0.05) is 0 Å². The Morgan fingerprint density at radius 1 is 1.12 bits per heavy atom. The number of carbonyl (C=O) groups is 3. The van der Waals surface area contributed by atoms with Crippen molar-refractivity contribution < 1.29 is 23.5 Å². The zero-order valence-corrected chi connectivity index (χ0v) is 15.5. The van der Waals surface area contributed by atoms with Crippen molar-refractivity contribution in [3.05, 3.63) is 46.7 Å². The average molecular weight is 358 g/mol. The number of Topliss-reactive ketones (excluding diaryl/α,β-unsaturated/α-hetero) is 1. The maximum absolute atomic E-state index is 12.5. The lowest BCUT2D eigenvalue weighted by molar-refractivity contribution is 0.0524. The molecule has 7 nitrogen and oxygen atoms in total. The number of ether oxygens (including phenoxy) is 1. The van der Waals surface area contributed by atoms with Crippen molar-refractivity contribution >= 4 is 29.2 Å². The minimum Gasteiger partial charge on any atom is -0.462 e. The molecule has 2 aromatic rings. The fraction of sp³-hybridized carbons (Fsp3) is 0.316. The molecule has 0 aliphatic rings. The molecule has 0 saturated carbocycles. The van der Waals surface area contributed by atoms with Gasteiger partial charge in [-0.05, 0) is 45.0 Å². The molecule has 1 heterocycles. The molecule has 0 aliphatic heterocycles. The van der Waals surface area contributed by atoms with E-state index in [4.69, 9.17) is 9.15 Å². The van der Waals surface area contributed by atoms with Gasteiger partial charge in [-0.15, -0.1) is 0 Å². The number of nitrogens with one attached hydrogen (secondary N) is 1. The van der Waals surface area contributed by atoms with Crippen molar-refractivity contribution in [3.8, 4) is 0 Å². The van der Waals surface area contributed by atoms with Crippen LogP contribution in [0.5, 0.6) is 0 Å². The van der Waals surface area contributed by atoms with Gasteiger partial charge in [-0.3, -0.25) is 14.9 Å². The lowest BCUT2D eigenvalue weighted by Gasteiger charge is -2.12.